The van der Waals surface area contributed by atoms with Crippen LogP contribution >= 0.6 is 0 Å². The van der Waals surface area contributed by atoms with Crippen molar-refractivity contribution in [1.82, 2.24) is 0 Å². The summed E-state index contributed by atoms with van der Waals surface area (Å²) in [5.74, 6) is 0. The minimum atomic E-state index is -4.72. The van der Waals surface area contributed by atoms with Gasteiger partial charge in [-0.1, -0.05) is 64.7 Å². The first kappa shape index (κ1) is 13.3. The highest BCUT2D eigenvalue weighted by molar-refractivity contribution is 7.80. The molecule has 0 radical (unpaired) electrons. The molecular formula is C12H26O4S. The molecule has 0 saturated heterocycles. The Balaban J connectivity index is 3.48. The lowest BCUT2D eigenvalue weighted by Crippen LogP contribution is -2.04. The summed E-state index contributed by atoms with van der Waals surface area (Å²) in [5, 5.41) is 0. The molecule has 1 N–H and O–H groups in total. The first-order valence-corrected chi connectivity index (χ1v) is 7.81. The molecular weight excluding hydrogens is 240 g/mol. The van der Waals surface area contributed by atoms with Crippen molar-refractivity contribution in [3.8, 4) is 0 Å². The Hall–Kier alpha value is -0.130. The van der Waals surface area contributed by atoms with E-state index in [1.807, 2.05) is 0 Å². The van der Waals surface area contributed by atoms with Crippen molar-refractivity contribution in [2.75, 3.05) is 6.56 Å². The van der Waals surface area contributed by atoms with Gasteiger partial charge < -0.3 is 0 Å². The Bertz CT molecular complexity index is 318. The van der Waals surface area contributed by atoms with Crippen LogP contribution in [-0.4, -0.2) is 19.5 Å². The molecule has 0 fully saturated rings. The fraction of sp³-hybridized carbons (Fsp3) is 1.00. The van der Waals surface area contributed by atoms with Crippen molar-refractivity contribution in [3.63, 3.8) is 0 Å². The molecule has 0 bridgehead atoms. The molecule has 104 valence electrons. The Morgan fingerprint density at radius 3 is 1.76 bits per heavy atom. The van der Waals surface area contributed by atoms with E-state index in [1.165, 1.54) is 32.1 Å². The fourth-order valence-corrected chi connectivity index (χ4v) is 1.86. The highest BCUT2D eigenvalue weighted by Crippen LogP contribution is 2.10. The standard InChI is InChI=1S/C12H26O4S/c1-2-3-4-5-6-7-8-9-10-11-12-16-17(13,14)15/h2-12H2,1H3,(H,13,14,15)/i12D2. The molecule has 0 rings (SSSR count). The zero-order valence-electron chi connectivity index (χ0n) is 12.7. The van der Waals surface area contributed by atoms with Crippen LogP contribution in [0.4, 0.5) is 0 Å². The van der Waals surface area contributed by atoms with Crippen molar-refractivity contribution in [1.29, 1.82) is 0 Å². The first-order valence-electron chi connectivity index (χ1n) is 7.45. The van der Waals surface area contributed by atoms with E-state index in [0.717, 1.165) is 19.3 Å². The van der Waals surface area contributed by atoms with E-state index in [0.29, 0.717) is 6.42 Å². The summed E-state index contributed by atoms with van der Waals surface area (Å²) in [5.41, 5.74) is 0. The maximum atomic E-state index is 10.4. The normalized spacial score (nSPS) is 14.5. The average Bonchev–Trinajstić information content (AvgIpc) is 2.23. The monoisotopic (exact) mass is 268 g/mol. The summed E-state index contributed by atoms with van der Waals surface area (Å²) in [6.07, 6.45) is 9.79. The van der Waals surface area contributed by atoms with Crippen LogP contribution in [-0.2, 0) is 14.6 Å². The van der Waals surface area contributed by atoms with E-state index in [-0.39, 0.29) is 6.42 Å². The third-order valence-electron chi connectivity index (χ3n) is 2.55. The van der Waals surface area contributed by atoms with Crippen molar-refractivity contribution >= 4 is 10.4 Å². The quantitative estimate of drug-likeness (QED) is 0.433. The van der Waals surface area contributed by atoms with Crippen LogP contribution < -0.4 is 0 Å². The van der Waals surface area contributed by atoms with Crippen LogP contribution in [0.3, 0.4) is 0 Å². The molecule has 0 aromatic rings. The summed E-state index contributed by atoms with van der Waals surface area (Å²) >= 11 is 0. The van der Waals surface area contributed by atoms with Gasteiger partial charge in [0, 0.05) is 0 Å². The van der Waals surface area contributed by atoms with Gasteiger partial charge in [0.1, 0.15) is 0 Å². The van der Waals surface area contributed by atoms with E-state index < -0.39 is 17.0 Å². The molecule has 0 heterocycles. The second-order valence-corrected chi connectivity index (χ2v) is 5.26. The van der Waals surface area contributed by atoms with Crippen molar-refractivity contribution in [3.05, 3.63) is 0 Å². The van der Waals surface area contributed by atoms with Crippen molar-refractivity contribution in [2.45, 2.75) is 71.1 Å². The van der Waals surface area contributed by atoms with Crippen LogP contribution in [0.25, 0.3) is 0 Å². The maximum absolute atomic E-state index is 10.4. The Morgan fingerprint density at radius 1 is 0.941 bits per heavy atom. The maximum Gasteiger partial charge on any atom is 0.397 e. The summed E-state index contributed by atoms with van der Waals surface area (Å²) in [4.78, 5) is 0. The predicted molar refractivity (Wildman–Crippen MR) is 69.3 cm³/mol. The second kappa shape index (κ2) is 11.0. The number of hydrogen-bond donors (Lipinski definition) is 1. The second-order valence-electron chi connectivity index (χ2n) is 4.23. The summed E-state index contributed by atoms with van der Waals surface area (Å²) in [6, 6.07) is 0. The molecule has 0 amide bonds. The van der Waals surface area contributed by atoms with Gasteiger partial charge in [0.05, 0.1) is 9.30 Å². The van der Waals surface area contributed by atoms with E-state index in [9.17, 15) is 8.42 Å². The third-order valence-corrected chi connectivity index (χ3v) is 2.88. The number of rotatable bonds is 12. The van der Waals surface area contributed by atoms with Gasteiger partial charge in [-0.25, -0.2) is 4.18 Å². The van der Waals surface area contributed by atoms with Crippen molar-refractivity contribution in [2.24, 2.45) is 0 Å². The lowest BCUT2D eigenvalue weighted by atomic mass is 10.1. The SMILES string of the molecule is [2H]C([2H])(CCCCCCCCCCC)OS(=O)(=O)O. The molecule has 5 heteroatoms. The van der Waals surface area contributed by atoms with Crippen LogP contribution in [0, 0.1) is 0 Å². The lowest BCUT2D eigenvalue weighted by molar-refractivity contribution is 0.261. The smallest absolute Gasteiger partial charge is 0.264 e. The first-order chi connectivity index (χ1) is 8.77. The Morgan fingerprint density at radius 2 is 1.35 bits per heavy atom. The van der Waals surface area contributed by atoms with Gasteiger partial charge >= 0.3 is 10.4 Å². The zero-order chi connectivity index (χ0) is 14.8. The number of unbranched alkanes of at least 4 members (excludes halogenated alkanes) is 8. The highest BCUT2D eigenvalue weighted by Gasteiger charge is 2.02. The molecule has 0 aliphatic heterocycles. The zero-order valence-corrected chi connectivity index (χ0v) is 11.5. The number of hydrogen-bond acceptors (Lipinski definition) is 3. The molecule has 0 atom stereocenters. The van der Waals surface area contributed by atoms with Gasteiger partial charge in [0.2, 0.25) is 0 Å². The third kappa shape index (κ3) is 15.9. The predicted octanol–water partition coefficient (Wildman–Crippen LogP) is 3.73. The molecule has 4 nitrogen and oxygen atoms in total. The topological polar surface area (TPSA) is 63.6 Å². The minimum Gasteiger partial charge on any atom is -0.264 e. The van der Waals surface area contributed by atoms with E-state index in [4.69, 9.17) is 7.29 Å². The van der Waals surface area contributed by atoms with Gasteiger partial charge in [-0.2, -0.15) is 8.42 Å². The van der Waals surface area contributed by atoms with Crippen LogP contribution in [0.15, 0.2) is 0 Å². The molecule has 0 aliphatic carbocycles. The van der Waals surface area contributed by atoms with E-state index in [1.54, 1.807) is 0 Å². The van der Waals surface area contributed by atoms with E-state index >= 15 is 0 Å². The van der Waals surface area contributed by atoms with E-state index in [2.05, 4.69) is 11.1 Å². The lowest BCUT2D eigenvalue weighted by Gasteiger charge is -2.02. The summed E-state index contributed by atoms with van der Waals surface area (Å²) < 4.78 is 47.7. The highest BCUT2D eigenvalue weighted by atomic mass is 32.3. The summed E-state index contributed by atoms with van der Waals surface area (Å²) in [7, 11) is -4.72. The van der Waals surface area contributed by atoms with Crippen LogP contribution in [0.5, 0.6) is 0 Å². The van der Waals surface area contributed by atoms with Gasteiger partial charge in [-0.3, -0.25) is 4.55 Å². The Labute approximate surface area is 109 Å². The summed E-state index contributed by atoms with van der Waals surface area (Å²) in [6.45, 7) is -0.128. The molecule has 0 spiro atoms. The van der Waals surface area contributed by atoms with Crippen LogP contribution in [0.2, 0.25) is 0 Å². The largest absolute Gasteiger partial charge is 0.397 e. The molecule has 17 heavy (non-hydrogen) atoms. The molecule has 0 saturated carbocycles. The van der Waals surface area contributed by atoms with Gasteiger partial charge in [-0.05, 0) is 6.42 Å². The van der Waals surface area contributed by atoms with Gasteiger partial charge in [0.15, 0.2) is 0 Å². The molecule has 0 aromatic heterocycles. The molecule has 0 unspecified atom stereocenters. The van der Waals surface area contributed by atoms with Crippen molar-refractivity contribution < 1.29 is 19.9 Å². The average molecular weight is 268 g/mol. The van der Waals surface area contributed by atoms with Gasteiger partial charge in [-0.15, -0.1) is 0 Å². The minimum absolute atomic E-state index is 0.0252. The fourth-order valence-electron chi connectivity index (χ4n) is 1.62. The van der Waals surface area contributed by atoms with Gasteiger partial charge in [0.25, 0.3) is 0 Å². The Kier molecular flexibility index (Phi) is 8.60. The molecule has 0 aliphatic rings. The van der Waals surface area contributed by atoms with Crippen LogP contribution in [0.1, 0.15) is 73.9 Å². The molecule has 0 aromatic carbocycles.